The predicted molar refractivity (Wildman–Crippen MR) is 64.1 cm³/mol. The minimum atomic E-state index is 0.511. The van der Waals surface area contributed by atoms with Gasteiger partial charge in [0.05, 0.1) is 6.33 Å². The van der Waals surface area contributed by atoms with E-state index in [9.17, 15) is 0 Å². The number of hydrogen-bond donors (Lipinski definition) is 2. The lowest BCUT2D eigenvalue weighted by atomic mass is 10.2. The van der Waals surface area contributed by atoms with Crippen LogP contribution in [0.5, 0.6) is 0 Å². The van der Waals surface area contributed by atoms with Crippen LogP contribution in [0.1, 0.15) is 6.42 Å². The highest BCUT2D eigenvalue weighted by Gasteiger charge is 2.19. The number of nitrogens with two attached hydrogens (primary N) is 1. The molecule has 1 aromatic heterocycles. The second kappa shape index (κ2) is 5.98. The van der Waals surface area contributed by atoms with Gasteiger partial charge in [-0.05, 0) is 6.42 Å². The molecular weight excluding hydrogens is 202 g/mol. The van der Waals surface area contributed by atoms with E-state index in [1.54, 1.807) is 0 Å². The van der Waals surface area contributed by atoms with Gasteiger partial charge in [-0.25, -0.2) is 4.98 Å². The van der Waals surface area contributed by atoms with Crippen molar-refractivity contribution < 1.29 is 0 Å². The van der Waals surface area contributed by atoms with Crippen molar-refractivity contribution in [3.63, 3.8) is 0 Å². The van der Waals surface area contributed by atoms with Gasteiger partial charge in [0.2, 0.25) is 0 Å². The summed E-state index contributed by atoms with van der Waals surface area (Å²) in [6.45, 7) is 6.15. The summed E-state index contributed by atoms with van der Waals surface area (Å²) in [6, 6.07) is 0.511. The quantitative estimate of drug-likeness (QED) is 0.707. The molecule has 0 spiro atoms. The van der Waals surface area contributed by atoms with Crippen molar-refractivity contribution in [1.29, 1.82) is 0 Å². The molecule has 1 saturated heterocycles. The standard InChI is InChI=1S/C11H21N5/c12-8-11-9-13-3-7-16(11)5-1-4-15-6-2-14-10-15/h2,6,10-11,13H,1,3-5,7-9,12H2. The van der Waals surface area contributed by atoms with Gasteiger partial charge in [-0.3, -0.25) is 4.90 Å². The molecule has 2 rings (SSSR count). The monoisotopic (exact) mass is 223 g/mol. The van der Waals surface area contributed by atoms with Crippen molar-refractivity contribution in [3.05, 3.63) is 18.7 Å². The van der Waals surface area contributed by atoms with Crippen LogP contribution in [0.25, 0.3) is 0 Å². The number of imidazole rings is 1. The van der Waals surface area contributed by atoms with Gasteiger partial charge in [-0.1, -0.05) is 0 Å². The normalized spacial score (nSPS) is 22.4. The van der Waals surface area contributed by atoms with E-state index in [1.807, 2.05) is 18.7 Å². The molecule has 5 heteroatoms. The maximum absolute atomic E-state index is 5.76. The maximum Gasteiger partial charge on any atom is 0.0945 e. The molecule has 0 amide bonds. The smallest absolute Gasteiger partial charge is 0.0945 e. The first-order valence-corrected chi connectivity index (χ1v) is 6.00. The van der Waals surface area contributed by atoms with Gasteiger partial charge >= 0.3 is 0 Å². The van der Waals surface area contributed by atoms with Gasteiger partial charge in [0.1, 0.15) is 0 Å². The third-order valence-corrected chi connectivity index (χ3v) is 3.17. The second-order valence-corrected chi connectivity index (χ2v) is 4.28. The van der Waals surface area contributed by atoms with Gasteiger partial charge in [0.15, 0.2) is 0 Å². The summed E-state index contributed by atoms with van der Waals surface area (Å²) < 4.78 is 2.12. The lowest BCUT2D eigenvalue weighted by Crippen LogP contribution is -2.54. The number of rotatable bonds is 5. The highest BCUT2D eigenvalue weighted by molar-refractivity contribution is 4.80. The van der Waals surface area contributed by atoms with Gasteiger partial charge in [0.25, 0.3) is 0 Å². The highest BCUT2D eigenvalue weighted by atomic mass is 15.2. The minimum Gasteiger partial charge on any atom is -0.337 e. The van der Waals surface area contributed by atoms with Crippen LogP contribution >= 0.6 is 0 Å². The number of nitrogens with zero attached hydrogens (tertiary/aromatic N) is 3. The first-order valence-electron chi connectivity index (χ1n) is 6.00. The molecular formula is C11H21N5. The molecule has 0 aliphatic carbocycles. The lowest BCUT2D eigenvalue weighted by molar-refractivity contribution is 0.162. The molecule has 90 valence electrons. The van der Waals surface area contributed by atoms with E-state index in [4.69, 9.17) is 5.73 Å². The zero-order valence-corrected chi connectivity index (χ0v) is 9.68. The fourth-order valence-corrected chi connectivity index (χ4v) is 2.21. The van der Waals surface area contributed by atoms with Crippen LogP contribution in [0.4, 0.5) is 0 Å². The zero-order chi connectivity index (χ0) is 11.2. The molecule has 1 fully saturated rings. The van der Waals surface area contributed by atoms with Crippen LogP contribution in [0.15, 0.2) is 18.7 Å². The van der Waals surface area contributed by atoms with E-state index in [0.717, 1.165) is 45.7 Å². The van der Waals surface area contributed by atoms with Crippen LogP contribution in [-0.2, 0) is 6.54 Å². The van der Waals surface area contributed by atoms with Crippen molar-refractivity contribution in [2.45, 2.75) is 19.0 Å². The zero-order valence-electron chi connectivity index (χ0n) is 9.68. The van der Waals surface area contributed by atoms with Crippen molar-refractivity contribution in [3.8, 4) is 0 Å². The van der Waals surface area contributed by atoms with Crippen LogP contribution in [-0.4, -0.2) is 53.2 Å². The summed E-state index contributed by atoms with van der Waals surface area (Å²) in [5.74, 6) is 0. The fourth-order valence-electron chi connectivity index (χ4n) is 2.21. The third-order valence-electron chi connectivity index (χ3n) is 3.17. The van der Waals surface area contributed by atoms with Gasteiger partial charge < -0.3 is 15.6 Å². The molecule has 1 atom stereocenters. The molecule has 3 N–H and O–H groups in total. The summed E-state index contributed by atoms with van der Waals surface area (Å²) in [5.41, 5.74) is 5.76. The second-order valence-electron chi connectivity index (χ2n) is 4.28. The minimum absolute atomic E-state index is 0.511. The van der Waals surface area contributed by atoms with E-state index in [1.165, 1.54) is 0 Å². The van der Waals surface area contributed by atoms with E-state index in [-0.39, 0.29) is 0 Å². The van der Waals surface area contributed by atoms with Crippen molar-refractivity contribution in [2.24, 2.45) is 5.73 Å². The molecule has 0 saturated carbocycles. The topological polar surface area (TPSA) is 59.1 Å². The Morgan fingerprint density at radius 1 is 1.44 bits per heavy atom. The van der Waals surface area contributed by atoms with Gasteiger partial charge in [-0.2, -0.15) is 0 Å². The SMILES string of the molecule is NCC1CNCCN1CCCn1ccnc1. The summed E-state index contributed by atoms with van der Waals surface area (Å²) in [6.07, 6.45) is 6.87. The summed E-state index contributed by atoms with van der Waals surface area (Å²) >= 11 is 0. The number of nitrogens with one attached hydrogen (secondary N) is 1. The van der Waals surface area contributed by atoms with Crippen molar-refractivity contribution in [2.75, 3.05) is 32.7 Å². The first kappa shape index (κ1) is 11.6. The van der Waals surface area contributed by atoms with Gasteiger partial charge in [0, 0.05) is 57.7 Å². The van der Waals surface area contributed by atoms with Crippen LogP contribution in [0.3, 0.4) is 0 Å². The summed E-state index contributed by atoms with van der Waals surface area (Å²) in [4.78, 5) is 6.53. The average molecular weight is 223 g/mol. The largest absolute Gasteiger partial charge is 0.337 e. The maximum atomic E-state index is 5.76. The Kier molecular flexibility index (Phi) is 4.33. The molecule has 1 aromatic rings. The molecule has 16 heavy (non-hydrogen) atoms. The van der Waals surface area contributed by atoms with Gasteiger partial charge in [-0.15, -0.1) is 0 Å². The third kappa shape index (κ3) is 3.04. The summed E-state index contributed by atoms with van der Waals surface area (Å²) in [7, 11) is 0. The number of piperazine rings is 1. The predicted octanol–water partition coefficient (Wildman–Crippen LogP) is -0.494. The Bertz CT molecular complexity index is 285. The summed E-state index contributed by atoms with van der Waals surface area (Å²) in [5, 5.41) is 3.38. The van der Waals surface area contributed by atoms with E-state index >= 15 is 0 Å². The molecule has 1 aliphatic rings. The molecule has 1 aliphatic heterocycles. The van der Waals surface area contributed by atoms with Crippen molar-refractivity contribution in [1.82, 2.24) is 19.8 Å². The van der Waals surface area contributed by atoms with Crippen LogP contribution in [0.2, 0.25) is 0 Å². The molecule has 0 aromatic carbocycles. The number of aryl methyl sites for hydroxylation is 1. The first-order chi connectivity index (χ1) is 7.90. The number of hydrogen-bond acceptors (Lipinski definition) is 4. The van der Waals surface area contributed by atoms with E-state index in [2.05, 4.69) is 19.8 Å². The van der Waals surface area contributed by atoms with Crippen LogP contribution < -0.4 is 11.1 Å². The Labute approximate surface area is 96.6 Å². The fraction of sp³-hybridized carbons (Fsp3) is 0.727. The van der Waals surface area contributed by atoms with Crippen LogP contribution in [0, 0.1) is 0 Å². The van der Waals surface area contributed by atoms with E-state index in [0.29, 0.717) is 6.04 Å². The molecule has 0 radical (unpaired) electrons. The Morgan fingerprint density at radius 2 is 2.38 bits per heavy atom. The Morgan fingerprint density at radius 3 is 3.12 bits per heavy atom. The molecule has 2 heterocycles. The Hall–Kier alpha value is -0.910. The van der Waals surface area contributed by atoms with Crippen molar-refractivity contribution >= 4 is 0 Å². The molecule has 1 unspecified atom stereocenters. The molecule has 0 bridgehead atoms. The Balaban J connectivity index is 1.71. The van der Waals surface area contributed by atoms with E-state index < -0.39 is 0 Å². The molecule has 5 nitrogen and oxygen atoms in total. The number of aromatic nitrogens is 2. The highest BCUT2D eigenvalue weighted by Crippen LogP contribution is 2.03. The average Bonchev–Trinajstić information content (AvgIpc) is 2.83. The lowest BCUT2D eigenvalue weighted by Gasteiger charge is -2.35.